The van der Waals surface area contributed by atoms with E-state index in [-0.39, 0.29) is 16.9 Å². The summed E-state index contributed by atoms with van der Waals surface area (Å²) in [7, 11) is -2.84. The Morgan fingerprint density at radius 2 is 1.68 bits per heavy atom. The molecule has 8 heteroatoms. The number of esters is 1. The van der Waals surface area contributed by atoms with Gasteiger partial charge in [0.25, 0.3) is 0 Å². The Labute approximate surface area is 145 Å². The normalized spacial score (nSPS) is 12.4. The summed E-state index contributed by atoms with van der Waals surface area (Å²) in [5.41, 5.74) is 0.731. The molecule has 0 heterocycles. The lowest BCUT2D eigenvalue weighted by Gasteiger charge is -2.17. The Morgan fingerprint density at radius 3 is 2.20 bits per heavy atom. The average molecular weight is 363 g/mol. The highest BCUT2D eigenvalue weighted by molar-refractivity contribution is 7.89. The number of carboxylic acids is 1. The number of nitrogens with one attached hydrogen (secondary N) is 1. The van der Waals surface area contributed by atoms with Gasteiger partial charge >= 0.3 is 11.9 Å². The molecule has 7 nitrogen and oxygen atoms in total. The highest BCUT2D eigenvalue weighted by Gasteiger charge is 2.26. The van der Waals surface area contributed by atoms with Crippen molar-refractivity contribution < 1.29 is 27.9 Å². The lowest BCUT2D eigenvalue weighted by molar-refractivity contribution is -0.142. The van der Waals surface area contributed by atoms with E-state index in [1.807, 2.05) is 6.07 Å². The molecule has 2 rings (SSSR count). The van der Waals surface area contributed by atoms with Crippen LogP contribution in [0, 0.1) is 0 Å². The molecule has 2 N–H and O–H groups in total. The van der Waals surface area contributed by atoms with Crippen molar-refractivity contribution in [3.05, 3.63) is 65.7 Å². The van der Waals surface area contributed by atoms with E-state index in [1.165, 1.54) is 31.4 Å². The van der Waals surface area contributed by atoms with Gasteiger partial charge in [-0.15, -0.1) is 0 Å². The second-order valence-corrected chi connectivity index (χ2v) is 6.93. The van der Waals surface area contributed by atoms with Gasteiger partial charge in [0.15, 0.2) is 0 Å². The zero-order valence-electron chi connectivity index (χ0n) is 13.4. The van der Waals surface area contributed by atoms with E-state index in [1.54, 1.807) is 24.3 Å². The maximum Gasteiger partial charge on any atom is 0.335 e. The molecule has 132 valence electrons. The van der Waals surface area contributed by atoms with Gasteiger partial charge in [-0.1, -0.05) is 30.3 Å². The number of methoxy groups -OCH3 is 1. The third-order valence-corrected chi connectivity index (χ3v) is 4.96. The van der Waals surface area contributed by atoms with Gasteiger partial charge in [0.2, 0.25) is 10.0 Å². The molecule has 0 aliphatic carbocycles. The van der Waals surface area contributed by atoms with Gasteiger partial charge in [-0.3, -0.25) is 4.79 Å². The van der Waals surface area contributed by atoms with Crippen molar-refractivity contribution >= 4 is 22.0 Å². The second-order valence-electron chi connectivity index (χ2n) is 5.22. The van der Waals surface area contributed by atoms with Gasteiger partial charge in [0, 0.05) is 0 Å². The van der Waals surface area contributed by atoms with E-state index in [2.05, 4.69) is 9.46 Å². The number of aromatic carboxylic acids is 1. The van der Waals surface area contributed by atoms with Crippen LogP contribution in [0.15, 0.2) is 59.5 Å². The number of rotatable bonds is 7. The number of hydrogen-bond acceptors (Lipinski definition) is 5. The van der Waals surface area contributed by atoms with E-state index >= 15 is 0 Å². The fraction of sp³-hybridized carbons (Fsp3) is 0.176. The fourth-order valence-corrected chi connectivity index (χ4v) is 3.38. The third-order valence-electron chi connectivity index (χ3n) is 3.48. The minimum Gasteiger partial charge on any atom is -0.478 e. The number of sulfonamides is 1. The summed E-state index contributed by atoms with van der Waals surface area (Å²) in [5.74, 6) is -1.87. The van der Waals surface area contributed by atoms with Crippen molar-refractivity contribution in [2.24, 2.45) is 0 Å². The Balaban J connectivity index is 2.24. The number of carboxylic acid groups (broad SMARTS) is 1. The number of benzene rings is 2. The predicted molar refractivity (Wildman–Crippen MR) is 89.7 cm³/mol. The highest BCUT2D eigenvalue weighted by atomic mass is 32.2. The van der Waals surface area contributed by atoms with E-state index in [4.69, 9.17) is 5.11 Å². The van der Waals surface area contributed by atoms with Crippen LogP contribution in [-0.4, -0.2) is 38.6 Å². The standard InChI is InChI=1S/C17H17NO6S/c1-24-17(21)15(11-12-5-3-2-4-6-12)18-25(22,23)14-9-7-13(8-10-14)16(19)20/h2-10,15,18H,11H2,1H3,(H,19,20). The summed E-state index contributed by atoms with van der Waals surface area (Å²) in [6.45, 7) is 0. The maximum absolute atomic E-state index is 12.5. The average Bonchev–Trinajstić information content (AvgIpc) is 2.61. The summed E-state index contributed by atoms with van der Waals surface area (Å²) >= 11 is 0. The fourth-order valence-electron chi connectivity index (χ4n) is 2.20. The summed E-state index contributed by atoms with van der Waals surface area (Å²) in [5, 5.41) is 8.87. The van der Waals surface area contributed by atoms with Crippen molar-refractivity contribution in [3.8, 4) is 0 Å². The molecular formula is C17H17NO6S. The van der Waals surface area contributed by atoms with Crippen LogP contribution in [0.25, 0.3) is 0 Å². The number of ether oxygens (including phenoxy) is 1. The Bertz CT molecular complexity index is 846. The van der Waals surface area contributed by atoms with Crippen molar-refractivity contribution in [2.45, 2.75) is 17.4 Å². The van der Waals surface area contributed by atoms with Crippen LogP contribution >= 0.6 is 0 Å². The highest BCUT2D eigenvalue weighted by Crippen LogP contribution is 2.13. The second kappa shape index (κ2) is 7.91. The number of hydrogen-bond donors (Lipinski definition) is 2. The largest absolute Gasteiger partial charge is 0.478 e. The van der Waals surface area contributed by atoms with Crippen molar-refractivity contribution in [3.63, 3.8) is 0 Å². The molecule has 0 aliphatic heterocycles. The molecule has 0 radical (unpaired) electrons. The predicted octanol–water partition coefficient (Wildman–Crippen LogP) is 1.45. The molecule has 0 bridgehead atoms. The van der Waals surface area contributed by atoms with Crippen LogP contribution in [0.1, 0.15) is 15.9 Å². The van der Waals surface area contributed by atoms with Gasteiger partial charge < -0.3 is 9.84 Å². The van der Waals surface area contributed by atoms with E-state index in [0.29, 0.717) is 0 Å². The maximum atomic E-state index is 12.5. The molecule has 25 heavy (non-hydrogen) atoms. The quantitative estimate of drug-likeness (QED) is 0.721. The first-order valence-corrected chi connectivity index (χ1v) is 8.79. The zero-order chi connectivity index (χ0) is 18.4. The Hall–Kier alpha value is -2.71. The minimum absolute atomic E-state index is 0.0345. The monoisotopic (exact) mass is 363 g/mol. The van der Waals surface area contributed by atoms with E-state index in [0.717, 1.165) is 5.56 Å². The molecule has 0 spiro atoms. The molecule has 0 saturated carbocycles. The van der Waals surface area contributed by atoms with Crippen LogP contribution < -0.4 is 4.72 Å². The van der Waals surface area contributed by atoms with Crippen molar-refractivity contribution in [2.75, 3.05) is 7.11 Å². The minimum atomic E-state index is -4.02. The summed E-state index contributed by atoms with van der Waals surface area (Å²) in [6.07, 6.45) is 0.125. The molecule has 0 amide bonds. The first-order valence-electron chi connectivity index (χ1n) is 7.31. The molecule has 0 aliphatic rings. The lowest BCUT2D eigenvalue weighted by Crippen LogP contribution is -2.42. The Kier molecular flexibility index (Phi) is 5.89. The molecule has 1 unspecified atom stereocenters. The summed E-state index contributed by atoms with van der Waals surface area (Å²) < 4.78 is 31.9. The SMILES string of the molecule is COC(=O)C(Cc1ccccc1)NS(=O)(=O)c1ccc(C(=O)O)cc1. The molecule has 2 aromatic rings. The molecule has 1 atom stereocenters. The molecule has 0 saturated heterocycles. The summed E-state index contributed by atoms with van der Waals surface area (Å²) in [6, 6.07) is 12.5. The smallest absolute Gasteiger partial charge is 0.335 e. The third kappa shape index (κ3) is 4.88. The first-order chi connectivity index (χ1) is 11.8. The molecule has 0 fully saturated rings. The van der Waals surface area contributed by atoms with Gasteiger partial charge in [-0.2, -0.15) is 4.72 Å². The van der Waals surface area contributed by atoms with Crippen LogP contribution in [0.2, 0.25) is 0 Å². The number of carbonyl (C=O) groups excluding carboxylic acids is 1. The first kappa shape index (κ1) is 18.6. The number of carbonyl (C=O) groups is 2. The molecular weight excluding hydrogens is 346 g/mol. The topological polar surface area (TPSA) is 110 Å². The molecule has 0 aromatic heterocycles. The van der Waals surface area contributed by atoms with Gasteiger partial charge in [0.1, 0.15) is 6.04 Å². The summed E-state index contributed by atoms with van der Waals surface area (Å²) in [4.78, 5) is 22.6. The van der Waals surface area contributed by atoms with Gasteiger partial charge in [-0.25, -0.2) is 13.2 Å². The Morgan fingerprint density at radius 1 is 1.08 bits per heavy atom. The van der Waals surface area contributed by atoms with Crippen molar-refractivity contribution in [1.82, 2.24) is 4.72 Å². The lowest BCUT2D eigenvalue weighted by atomic mass is 10.1. The van der Waals surface area contributed by atoms with Crippen LogP contribution in [-0.2, 0) is 26.0 Å². The van der Waals surface area contributed by atoms with Gasteiger partial charge in [0.05, 0.1) is 17.6 Å². The van der Waals surface area contributed by atoms with Gasteiger partial charge in [-0.05, 0) is 36.2 Å². The molecule has 2 aromatic carbocycles. The van der Waals surface area contributed by atoms with E-state index in [9.17, 15) is 18.0 Å². The van der Waals surface area contributed by atoms with Crippen LogP contribution in [0.5, 0.6) is 0 Å². The van der Waals surface area contributed by atoms with Crippen LogP contribution in [0.4, 0.5) is 0 Å². The van der Waals surface area contributed by atoms with E-state index < -0.39 is 28.0 Å². The zero-order valence-corrected chi connectivity index (χ0v) is 14.2. The van der Waals surface area contributed by atoms with Crippen molar-refractivity contribution in [1.29, 1.82) is 0 Å². The van der Waals surface area contributed by atoms with Crippen LogP contribution in [0.3, 0.4) is 0 Å².